The van der Waals surface area contributed by atoms with Crippen molar-refractivity contribution in [2.24, 2.45) is 0 Å². The van der Waals surface area contributed by atoms with Gasteiger partial charge in [-0.25, -0.2) is 17.3 Å². The Balaban J connectivity index is 1.17. The second kappa shape index (κ2) is 11.1. The van der Waals surface area contributed by atoms with E-state index in [2.05, 4.69) is 32.7 Å². The molecule has 6 rings (SSSR count). The molecule has 5 heterocycles. The molecule has 3 fully saturated rings. The molecule has 42 heavy (non-hydrogen) atoms. The van der Waals surface area contributed by atoms with E-state index in [0.717, 1.165) is 12.8 Å². The van der Waals surface area contributed by atoms with Crippen LogP contribution in [0.2, 0.25) is 0 Å². The molecule has 0 radical (unpaired) electrons. The number of likely N-dealkylation sites (tertiary alicyclic amines) is 1. The lowest BCUT2D eigenvalue weighted by Crippen LogP contribution is -2.59. The number of sulfone groups is 1. The smallest absolute Gasteiger partial charge is 0.364 e. The summed E-state index contributed by atoms with van der Waals surface area (Å²) in [4.78, 5) is 14.0. The fourth-order valence-electron chi connectivity index (χ4n) is 5.16. The van der Waals surface area contributed by atoms with Gasteiger partial charge in [0.05, 0.1) is 52.3 Å². The van der Waals surface area contributed by atoms with E-state index in [9.17, 15) is 26.4 Å². The number of anilines is 1. The molecule has 2 atom stereocenters. The van der Waals surface area contributed by atoms with E-state index in [1.165, 1.54) is 16.8 Å². The van der Waals surface area contributed by atoms with E-state index in [4.69, 9.17) is 0 Å². The molecule has 1 amide bonds. The summed E-state index contributed by atoms with van der Waals surface area (Å²) in [5.74, 6) is 5.29. The van der Waals surface area contributed by atoms with Crippen molar-refractivity contribution >= 4 is 38.8 Å². The number of pyridine rings is 1. The molecule has 0 bridgehead atoms. The zero-order chi connectivity index (χ0) is 29.6. The van der Waals surface area contributed by atoms with Crippen molar-refractivity contribution in [2.75, 3.05) is 36.5 Å². The number of alkyl halides is 4. The third kappa shape index (κ3) is 6.37. The van der Waals surface area contributed by atoms with Crippen LogP contribution < -0.4 is 10.6 Å². The van der Waals surface area contributed by atoms with Crippen LogP contribution in [0.25, 0.3) is 5.52 Å². The van der Waals surface area contributed by atoms with E-state index in [-0.39, 0.29) is 58.5 Å². The quantitative estimate of drug-likeness (QED) is 0.234. The van der Waals surface area contributed by atoms with Gasteiger partial charge in [0.15, 0.2) is 9.84 Å². The van der Waals surface area contributed by atoms with Crippen molar-refractivity contribution in [3.05, 3.63) is 41.9 Å². The van der Waals surface area contributed by atoms with Gasteiger partial charge in [-0.3, -0.25) is 14.4 Å². The first-order chi connectivity index (χ1) is 20.0. The molecular weight excluding hydrogens is 598 g/mol. The van der Waals surface area contributed by atoms with Crippen molar-refractivity contribution in [3.8, 4) is 11.8 Å². The largest absolute Gasteiger partial charge is 0.446 e. The van der Waals surface area contributed by atoms with E-state index in [1.54, 1.807) is 23.0 Å². The maximum absolute atomic E-state index is 15.1. The number of hydrogen-bond donors (Lipinski definition) is 2. The topological polar surface area (TPSA) is 114 Å². The van der Waals surface area contributed by atoms with E-state index >= 15 is 4.39 Å². The van der Waals surface area contributed by atoms with Crippen LogP contribution in [-0.4, -0.2) is 93.5 Å². The van der Waals surface area contributed by atoms with Gasteiger partial charge in [0.25, 0.3) is 5.91 Å². The fraction of sp³-hybridized carbons (Fsp3) is 0.500. The monoisotopic (exact) mass is 625 g/mol. The normalized spacial score (nSPS) is 22.8. The standard InChI is InChI=1S/C26H27F4N7O3S2/c27-19-13-35(18-14-42(39,40)15-18)10-8-20(19)33-23-5-1-4-22-24(41-26(28,29)30)21(34-37(22)23)3-2-9-31-25(38)16-11-32-36(12-16)17-6-7-17/h1,4-5,11-12,17-20,33H,6-10,13-15H2,(H,31,38). The Morgan fingerprint density at radius 1 is 1.17 bits per heavy atom. The van der Waals surface area contributed by atoms with Gasteiger partial charge in [-0.05, 0) is 49.1 Å². The number of hydrogen-bond acceptors (Lipinski definition) is 8. The molecule has 2 unspecified atom stereocenters. The Kier molecular flexibility index (Phi) is 7.60. The molecule has 2 saturated heterocycles. The lowest BCUT2D eigenvalue weighted by Gasteiger charge is -2.42. The van der Waals surface area contributed by atoms with Crippen LogP contribution in [0.1, 0.15) is 41.4 Å². The number of carbonyl (C=O) groups is 1. The molecule has 3 aromatic rings. The SMILES string of the molecule is O=C(NCC#Cc1nn2c(NC3CCN(C4CS(=O)(=O)C4)CC3F)cccc2c1SC(F)(F)F)c1cnn(C2CC2)c1. The number of halogens is 4. The number of piperidine rings is 1. The molecule has 2 aliphatic heterocycles. The van der Waals surface area contributed by atoms with E-state index in [0.29, 0.717) is 30.4 Å². The summed E-state index contributed by atoms with van der Waals surface area (Å²) >= 11 is -0.338. The van der Waals surface area contributed by atoms with Crippen molar-refractivity contribution in [1.82, 2.24) is 29.6 Å². The summed E-state index contributed by atoms with van der Waals surface area (Å²) < 4.78 is 81.6. The number of rotatable bonds is 7. The fourth-order valence-corrected chi connectivity index (χ4v) is 7.34. The van der Waals surface area contributed by atoms with Crippen LogP contribution in [0.4, 0.5) is 23.4 Å². The molecule has 0 aromatic carbocycles. The molecule has 2 N–H and O–H groups in total. The molecule has 1 aliphatic carbocycles. The van der Waals surface area contributed by atoms with Gasteiger partial charge in [0.1, 0.15) is 17.7 Å². The Morgan fingerprint density at radius 2 is 1.95 bits per heavy atom. The second-order valence-electron chi connectivity index (χ2n) is 10.6. The predicted molar refractivity (Wildman–Crippen MR) is 148 cm³/mol. The summed E-state index contributed by atoms with van der Waals surface area (Å²) in [6.07, 6.45) is 4.20. The lowest BCUT2D eigenvalue weighted by molar-refractivity contribution is -0.0327. The minimum atomic E-state index is -4.61. The van der Waals surface area contributed by atoms with Crippen LogP contribution in [0.15, 0.2) is 35.5 Å². The van der Waals surface area contributed by atoms with Gasteiger partial charge >= 0.3 is 5.51 Å². The second-order valence-corrected chi connectivity index (χ2v) is 13.9. The number of fused-ring (bicyclic) bond motifs is 1. The average molecular weight is 626 g/mol. The highest BCUT2D eigenvalue weighted by atomic mass is 32.2. The summed E-state index contributed by atoms with van der Waals surface area (Å²) in [5.41, 5.74) is -4.21. The maximum Gasteiger partial charge on any atom is 0.446 e. The Morgan fingerprint density at radius 3 is 2.64 bits per heavy atom. The van der Waals surface area contributed by atoms with E-state index in [1.807, 2.05) is 4.90 Å². The number of aromatic nitrogens is 4. The Labute approximate surface area is 243 Å². The number of nitrogens with one attached hydrogen (secondary N) is 2. The van der Waals surface area contributed by atoms with Crippen LogP contribution >= 0.6 is 11.8 Å². The number of amides is 1. The number of carbonyl (C=O) groups excluding carboxylic acids is 1. The Bertz CT molecular complexity index is 1660. The zero-order valence-corrected chi connectivity index (χ0v) is 23.8. The molecule has 3 aromatic heterocycles. The molecule has 224 valence electrons. The number of thioether (sulfide) groups is 1. The number of nitrogens with zero attached hydrogens (tertiary/aromatic N) is 5. The first-order valence-corrected chi connectivity index (χ1v) is 16.0. The summed E-state index contributed by atoms with van der Waals surface area (Å²) in [5, 5.41) is 14.2. The van der Waals surface area contributed by atoms with Crippen LogP contribution in [0.3, 0.4) is 0 Å². The first-order valence-electron chi connectivity index (χ1n) is 13.4. The van der Waals surface area contributed by atoms with Crippen molar-refractivity contribution < 1.29 is 30.8 Å². The van der Waals surface area contributed by atoms with Crippen molar-refractivity contribution in [2.45, 2.75) is 54.0 Å². The summed E-state index contributed by atoms with van der Waals surface area (Å²) in [6, 6.07) is 4.13. The third-order valence-corrected chi connectivity index (χ3v) is 10.1. The van der Waals surface area contributed by atoms with Crippen molar-refractivity contribution in [1.29, 1.82) is 0 Å². The van der Waals surface area contributed by atoms with Crippen LogP contribution in [0, 0.1) is 11.8 Å². The third-order valence-electron chi connectivity index (χ3n) is 7.47. The molecule has 1 saturated carbocycles. The summed E-state index contributed by atoms with van der Waals surface area (Å²) in [6.45, 7) is 0.436. The van der Waals surface area contributed by atoms with Gasteiger partial charge in [-0.15, -0.1) is 0 Å². The first kappa shape index (κ1) is 28.8. The molecule has 16 heteroatoms. The van der Waals surface area contributed by atoms with Gasteiger partial charge in [0.2, 0.25) is 0 Å². The highest BCUT2D eigenvalue weighted by Crippen LogP contribution is 2.41. The average Bonchev–Trinajstić information content (AvgIpc) is 3.54. The van der Waals surface area contributed by atoms with Gasteiger partial charge < -0.3 is 10.6 Å². The molecule has 3 aliphatic rings. The highest BCUT2D eigenvalue weighted by Gasteiger charge is 2.41. The van der Waals surface area contributed by atoms with Crippen molar-refractivity contribution in [3.63, 3.8) is 0 Å². The molecule has 10 nitrogen and oxygen atoms in total. The minimum Gasteiger partial charge on any atom is -0.364 e. The maximum atomic E-state index is 15.1. The molecular formula is C26H27F4N7O3S2. The Hall–Kier alpha value is -3.29. The molecule has 0 spiro atoms. The lowest BCUT2D eigenvalue weighted by atomic mass is 10.0. The van der Waals surface area contributed by atoms with E-state index < -0.39 is 33.5 Å². The summed E-state index contributed by atoms with van der Waals surface area (Å²) in [7, 11) is -3.03. The van der Waals surface area contributed by atoms with Gasteiger partial charge in [-0.1, -0.05) is 12.0 Å². The van der Waals surface area contributed by atoms with Crippen LogP contribution in [0.5, 0.6) is 0 Å². The van der Waals surface area contributed by atoms with Gasteiger partial charge in [0, 0.05) is 25.3 Å². The van der Waals surface area contributed by atoms with Gasteiger partial charge in [-0.2, -0.15) is 23.4 Å². The van der Waals surface area contributed by atoms with Crippen LogP contribution in [-0.2, 0) is 9.84 Å². The predicted octanol–water partition coefficient (Wildman–Crippen LogP) is 2.88. The zero-order valence-electron chi connectivity index (χ0n) is 22.1. The highest BCUT2D eigenvalue weighted by molar-refractivity contribution is 8.00. The minimum absolute atomic E-state index is 0.0305.